The van der Waals surface area contributed by atoms with Crippen molar-refractivity contribution in [3.8, 4) is 0 Å². The van der Waals surface area contributed by atoms with Gasteiger partial charge in [0.25, 0.3) is 0 Å². The summed E-state index contributed by atoms with van der Waals surface area (Å²) in [5.74, 6) is 0. The zero-order valence-corrected chi connectivity index (χ0v) is 13.5. The number of hydrogen-bond acceptors (Lipinski definition) is 2. The molecule has 1 rings (SSSR count). The molecule has 1 aromatic carbocycles. The van der Waals surface area contributed by atoms with E-state index in [0.29, 0.717) is 0 Å². The van der Waals surface area contributed by atoms with Crippen molar-refractivity contribution in [2.45, 2.75) is 39.7 Å². The van der Waals surface area contributed by atoms with Crippen molar-refractivity contribution in [3.63, 3.8) is 0 Å². The Morgan fingerprint density at radius 2 is 1.72 bits per heavy atom. The summed E-state index contributed by atoms with van der Waals surface area (Å²) < 4.78 is 0. The predicted octanol–water partition coefficient (Wildman–Crippen LogP) is 2.31. The molecule has 1 N–H and O–H groups in total. The average molecular weight is 264 g/mol. The molecule has 3 heteroatoms. The quantitative estimate of drug-likeness (QED) is 0.572. The third-order valence-corrected chi connectivity index (χ3v) is 7.14. The highest BCUT2D eigenvalue weighted by molar-refractivity contribution is 6.72. The number of hydrogen-bond donors (Lipinski definition) is 1. The zero-order chi connectivity index (χ0) is 13.4. The Balaban J connectivity index is 2.68. The first-order chi connectivity index (χ1) is 8.72. The van der Waals surface area contributed by atoms with Gasteiger partial charge in [-0.3, -0.25) is 4.90 Å². The molecule has 0 aromatic heterocycles. The van der Waals surface area contributed by atoms with Crippen molar-refractivity contribution >= 4 is 14.1 Å². The second-order valence-corrected chi connectivity index (χ2v) is 8.11. The molecule has 102 valence electrons. The van der Waals surface area contributed by atoms with Crippen LogP contribution in [0, 0.1) is 0 Å². The summed E-state index contributed by atoms with van der Waals surface area (Å²) in [7, 11) is -1.06. The van der Waals surface area contributed by atoms with Gasteiger partial charge in [-0.15, -0.1) is 0 Å². The maximum Gasteiger partial charge on any atom is 0.145 e. The highest BCUT2D eigenvalue weighted by atomic mass is 28.3. The van der Waals surface area contributed by atoms with E-state index in [1.165, 1.54) is 6.42 Å². The van der Waals surface area contributed by atoms with Crippen LogP contribution in [0.5, 0.6) is 0 Å². The molecular weight excluding hydrogens is 236 g/mol. The van der Waals surface area contributed by atoms with Crippen molar-refractivity contribution in [1.29, 1.82) is 0 Å². The summed E-state index contributed by atoms with van der Waals surface area (Å²) >= 11 is 0. The van der Waals surface area contributed by atoms with Gasteiger partial charge in [0.2, 0.25) is 0 Å². The molecule has 0 aliphatic heterocycles. The largest absolute Gasteiger partial charge is 0.324 e. The number of nitrogens with one attached hydrogen (secondary N) is 1. The minimum absolute atomic E-state index is 0.794. The fourth-order valence-electron chi connectivity index (χ4n) is 2.22. The molecule has 2 unspecified atom stereocenters. The molecule has 0 bridgehead atoms. The van der Waals surface area contributed by atoms with Crippen molar-refractivity contribution in [2.75, 3.05) is 19.8 Å². The monoisotopic (exact) mass is 264 g/mol. The van der Waals surface area contributed by atoms with Gasteiger partial charge in [-0.1, -0.05) is 64.4 Å². The summed E-state index contributed by atoms with van der Waals surface area (Å²) in [4.78, 5) is 6.30. The second kappa shape index (κ2) is 8.46. The van der Waals surface area contributed by atoms with Crippen molar-refractivity contribution < 1.29 is 0 Å². The third-order valence-electron chi connectivity index (χ3n) is 3.80. The van der Waals surface area contributed by atoms with Crippen LogP contribution in [0.1, 0.15) is 34.1 Å². The highest BCUT2D eigenvalue weighted by Gasteiger charge is 2.19. The van der Waals surface area contributed by atoms with Crippen LogP contribution in [0.25, 0.3) is 0 Å². The van der Waals surface area contributed by atoms with E-state index in [1.54, 1.807) is 5.19 Å². The van der Waals surface area contributed by atoms with Gasteiger partial charge in [-0.25, -0.2) is 0 Å². The molecule has 0 fully saturated rings. The molecule has 0 spiro atoms. The number of benzene rings is 1. The van der Waals surface area contributed by atoms with E-state index in [4.69, 9.17) is 0 Å². The first kappa shape index (κ1) is 15.4. The minimum Gasteiger partial charge on any atom is -0.324 e. The van der Waals surface area contributed by atoms with E-state index in [2.05, 4.69) is 67.9 Å². The molecule has 0 aliphatic carbocycles. The Morgan fingerprint density at radius 3 is 2.22 bits per heavy atom. The van der Waals surface area contributed by atoms with Gasteiger partial charge in [-0.05, 0) is 23.8 Å². The van der Waals surface area contributed by atoms with Gasteiger partial charge < -0.3 is 4.98 Å². The van der Waals surface area contributed by atoms with E-state index < -0.39 is 8.96 Å². The van der Waals surface area contributed by atoms with Crippen LogP contribution >= 0.6 is 0 Å². The van der Waals surface area contributed by atoms with E-state index in [1.807, 2.05) is 0 Å². The Morgan fingerprint density at radius 1 is 1.11 bits per heavy atom. The first-order valence-corrected chi connectivity index (χ1v) is 9.05. The summed E-state index contributed by atoms with van der Waals surface area (Å²) in [5, 5.41) is 1.54. The summed E-state index contributed by atoms with van der Waals surface area (Å²) in [5.41, 5.74) is 0.794. The highest BCUT2D eigenvalue weighted by Crippen LogP contribution is 2.11. The summed E-state index contributed by atoms with van der Waals surface area (Å²) in [6, 6.07) is 11.0. The second-order valence-electron chi connectivity index (χ2n) is 4.94. The summed E-state index contributed by atoms with van der Waals surface area (Å²) in [6.45, 7) is 12.4. The Bertz CT molecular complexity index is 312. The van der Waals surface area contributed by atoms with Crippen molar-refractivity contribution in [3.05, 3.63) is 30.3 Å². The molecule has 2 nitrogen and oxygen atoms in total. The maximum absolute atomic E-state index is 3.85. The number of rotatable bonds is 8. The SMILES string of the molecule is CCC(C)[SiH](NCN(CC)CC)c1ccccc1. The Kier molecular flexibility index (Phi) is 7.24. The van der Waals surface area contributed by atoms with Gasteiger partial charge in [-0.2, -0.15) is 0 Å². The molecule has 0 saturated carbocycles. The number of nitrogens with zero attached hydrogens (tertiary/aromatic N) is 1. The zero-order valence-electron chi connectivity index (χ0n) is 12.3. The molecule has 2 atom stereocenters. The molecule has 0 amide bonds. The van der Waals surface area contributed by atoms with Crippen LogP contribution in [0.4, 0.5) is 0 Å². The van der Waals surface area contributed by atoms with Crippen LogP contribution < -0.4 is 10.2 Å². The molecule has 18 heavy (non-hydrogen) atoms. The maximum atomic E-state index is 3.85. The van der Waals surface area contributed by atoms with Gasteiger partial charge in [0.05, 0.1) is 0 Å². The summed E-state index contributed by atoms with van der Waals surface area (Å²) in [6.07, 6.45) is 1.26. The van der Waals surface area contributed by atoms with Crippen LogP contribution in [0.15, 0.2) is 30.3 Å². The fraction of sp³-hybridized carbons (Fsp3) is 0.600. The van der Waals surface area contributed by atoms with Gasteiger partial charge in [0, 0.05) is 6.67 Å². The third kappa shape index (κ3) is 4.56. The van der Waals surface area contributed by atoms with Crippen LogP contribution in [0.2, 0.25) is 5.54 Å². The van der Waals surface area contributed by atoms with E-state index >= 15 is 0 Å². The molecule has 0 heterocycles. The standard InChI is InChI=1S/C15H28N2Si/c1-5-14(4)18(15-11-9-8-10-12-15)16-13-17(6-2)7-3/h8-12,14,16,18H,5-7,13H2,1-4H3. The van der Waals surface area contributed by atoms with Gasteiger partial charge in [0.1, 0.15) is 8.96 Å². The van der Waals surface area contributed by atoms with Gasteiger partial charge >= 0.3 is 0 Å². The van der Waals surface area contributed by atoms with Gasteiger partial charge in [0.15, 0.2) is 0 Å². The van der Waals surface area contributed by atoms with Crippen LogP contribution in [0.3, 0.4) is 0 Å². The Labute approximate surface area is 114 Å². The van der Waals surface area contributed by atoms with E-state index in [9.17, 15) is 0 Å². The normalized spacial score (nSPS) is 14.7. The molecule has 0 saturated heterocycles. The molecule has 1 aromatic rings. The lowest BCUT2D eigenvalue weighted by Crippen LogP contribution is -2.51. The lowest BCUT2D eigenvalue weighted by Gasteiger charge is -2.27. The van der Waals surface area contributed by atoms with Crippen LogP contribution in [-0.4, -0.2) is 33.6 Å². The smallest absolute Gasteiger partial charge is 0.145 e. The first-order valence-electron chi connectivity index (χ1n) is 7.23. The molecule has 0 aliphatic rings. The lowest BCUT2D eigenvalue weighted by molar-refractivity contribution is 0.299. The predicted molar refractivity (Wildman–Crippen MR) is 83.9 cm³/mol. The molecule has 0 radical (unpaired) electrons. The van der Waals surface area contributed by atoms with Crippen LogP contribution in [-0.2, 0) is 0 Å². The van der Waals surface area contributed by atoms with E-state index in [-0.39, 0.29) is 0 Å². The minimum atomic E-state index is -1.06. The fourth-order valence-corrected chi connectivity index (χ4v) is 5.08. The lowest BCUT2D eigenvalue weighted by atomic mass is 10.4. The topological polar surface area (TPSA) is 15.3 Å². The Hall–Kier alpha value is -0.643. The average Bonchev–Trinajstić information content (AvgIpc) is 2.44. The van der Waals surface area contributed by atoms with Crippen molar-refractivity contribution in [2.24, 2.45) is 0 Å². The van der Waals surface area contributed by atoms with Crippen molar-refractivity contribution in [1.82, 2.24) is 9.88 Å². The molecular formula is C15H28N2Si. The van der Waals surface area contributed by atoms with E-state index in [0.717, 1.165) is 25.3 Å².